The lowest BCUT2D eigenvalue weighted by Crippen LogP contribution is -2.42. The summed E-state index contributed by atoms with van der Waals surface area (Å²) < 4.78 is 43.1. The van der Waals surface area contributed by atoms with Crippen molar-refractivity contribution in [1.82, 2.24) is 4.90 Å². The Kier molecular flexibility index (Phi) is 7.42. The molecular weight excluding hydrogens is 509 g/mol. The number of amides is 2. The van der Waals surface area contributed by atoms with Gasteiger partial charge in [-0.1, -0.05) is 42.6 Å². The van der Waals surface area contributed by atoms with Gasteiger partial charge < -0.3 is 5.32 Å². The van der Waals surface area contributed by atoms with Gasteiger partial charge in [-0.25, -0.2) is 4.39 Å². The quantitative estimate of drug-likeness (QED) is 0.574. The number of thiophene rings is 1. The van der Waals surface area contributed by atoms with Crippen LogP contribution in [0.1, 0.15) is 38.5 Å². The van der Waals surface area contributed by atoms with Crippen molar-refractivity contribution >= 4 is 67.4 Å². The molecule has 1 saturated carbocycles. The standard InChI is InChI=1S/C21H21ClFN3O4S3/c22-17-10-11-19(32-17)33(29,30)25-21-26(15-4-2-1-3-5-15)20(28)16(31-21)12-18(27)24-14-8-6-13(23)7-9-14/h6-11,15-16H,1-5,12H2,(H,24,27). The third-order valence-corrected chi connectivity index (χ3v) is 9.64. The Morgan fingerprint density at radius 2 is 1.85 bits per heavy atom. The third kappa shape index (κ3) is 5.76. The van der Waals surface area contributed by atoms with Gasteiger partial charge in [0.05, 0.1) is 4.34 Å². The number of thioether (sulfide) groups is 1. The number of hydrogen-bond donors (Lipinski definition) is 1. The number of anilines is 1. The Morgan fingerprint density at radius 1 is 1.15 bits per heavy atom. The van der Waals surface area contributed by atoms with Crippen LogP contribution in [0, 0.1) is 5.82 Å². The molecule has 2 aliphatic rings. The van der Waals surface area contributed by atoms with E-state index in [2.05, 4.69) is 9.71 Å². The van der Waals surface area contributed by atoms with Crippen LogP contribution in [-0.4, -0.2) is 41.6 Å². The fourth-order valence-electron chi connectivity index (χ4n) is 3.85. The fraction of sp³-hybridized carbons (Fsp3) is 0.381. The second-order valence-electron chi connectivity index (χ2n) is 7.77. The average molecular weight is 530 g/mol. The van der Waals surface area contributed by atoms with Crippen molar-refractivity contribution in [2.24, 2.45) is 4.40 Å². The molecule has 1 atom stereocenters. The van der Waals surface area contributed by atoms with Crippen LogP contribution in [0.5, 0.6) is 0 Å². The maximum Gasteiger partial charge on any atom is 0.294 e. The fourth-order valence-corrected chi connectivity index (χ4v) is 7.71. The van der Waals surface area contributed by atoms with Crippen molar-refractivity contribution in [3.8, 4) is 0 Å². The molecule has 1 aromatic heterocycles. The molecule has 4 rings (SSSR count). The SMILES string of the molecule is O=C(CC1SC(=NS(=O)(=O)c2ccc(Cl)s2)N(C2CCCCC2)C1=O)Nc1ccc(F)cc1. The van der Waals surface area contributed by atoms with E-state index in [1.807, 2.05) is 0 Å². The molecule has 1 N–H and O–H groups in total. The number of amidine groups is 1. The number of sulfonamides is 1. The van der Waals surface area contributed by atoms with Crippen LogP contribution >= 0.6 is 34.7 Å². The smallest absolute Gasteiger partial charge is 0.294 e. The Labute approximate surface area is 204 Å². The van der Waals surface area contributed by atoms with E-state index in [-0.39, 0.29) is 27.7 Å². The number of rotatable bonds is 6. The highest BCUT2D eigenvalue weighted by Crippen LogP contribution is 2.37. The van der Waals surface area contributed by atoms with E-state index >= 15 is 0 Å². The molecule has 7 nitrogen and oxygen atoms in total. The summed E-state index contributed by atoms with van der Waals surface area (Å²) >= 11 is 7.77. The second-order valence-corrected chi connectivity index (χ2v) is 12.5. The molecule has 0 radical (unpaired) electrons. The van der Waals surface area contributed by atoms with Crippen molar-refractivity contribution < 1.29 is 22.4 Å². The Bertz CT molecular complexity index is 1180. The highest BCUT2D eigenvalue weighted by molar-refractivity contribution is 8.16. The third-order valence-electron chi connectivity index (χ3n) is 5.41. The molecular formula is C21H21ClFN3O4S3. The summed E-state index contributed by atoms with van der Waals surface area (Å²) in [4.78, 5) is 27.3. The van der Waals surface area contributed by atoms with Gasteiger partial charge in [0.15, 0.2) is 5.17 Å². The summed E-state index contributed by atoms with van der Waals surface area (Å²) in [5.41, 5.74) is 0.409. The van der Waals surface area contributed by atoms with E-state index in [1.54, 1.807) is 0 Å². The van der Waals surface area contributed by atoms with Crippen LogP contribution in [-0.2, 0) is 19.6 Å². The van der Waals surface area contributed by atoms with Gasteiger partial charge in [0.2, 0.25) is 11.8 Å². The number of benzene rings is 1. The second kappa shape index (κ2) is 10.1. The first-order valence-electron chi connectivity index (χ1n) is 10.4. The van der Waals surface area contributed by atoms with Gasteiger partial charge in [-0.3, -0.25) is 14.5 Å². The topological polar surface area (TPSA) is 95.9 Å². The van der Waals surface area contributed by atoms with E-state index < -0.39 is 27.0 Å². The molecule has 1 aromatic carbocycles. The zero-order valence-electron chi connectivity index (χ0n) is 17.4. The zero-order valence-corrected chi connectivity index (χ0v) is 20.6. The maximum atomic E-state index is 13.3. The van der Waals surface area contributed by atoms with E-state index in [0.29, 0.717) is 10.0 Å². The van der Waals surface area contributed by atoms with E-state index in [0.717, 1.165) is 55.2 Å². The lowest BCUT2D eigenvalue weighted by Gasteiger charge is -2.30. The van der Waals surface area contributed by atoms with Crippen LogP contribution in [0.25, 0.3) is 0 Å². The molecule has 1 unspecified atom stereocenters. The number of carbonyl (C=O) groups excluding carboxylic acids is 2. The Hall–Kier alpha value is -1.95. The summed E-state index contributed by atoms with van der Waals surface area (Å²) in [6.45, 7) is 0. The minimum absolute atomic E-state index is 0.00542. The molecule has 2 aromatic rings. The van der Waals surface area contributed by atoms with E-state index in [4.69, 9.17) is 11.6 Å². The summed E-state index contributed by atoms with van der Waals surface area (Å²) in [6.07, 6.45) is 4.29. The molecule has 2 heterocycles. The van der Waals surface area contributed by atoms with E-state index in [1.165, 1.54) is 41.3 Å². The van der Waals surface area contributed by atoms with E-state index in [9.17, 15) is 22.4 Å². The maximum absolute atomic E-state index is 13.3. The molecule has 176 valence electrons. The van der Waals surface area contributed by atoms with Crippen LogP contribution in [0.3, 0.4) is 0 Å². The highest BCUT2D eigenvalue weighted by Gasteiger charge is 2.43. The molecule has 1 aliphatic carbocycles. The molecule has 33 heavy (non-hydrogen) atoms. The molecule has 0 bridgehead atoms. The van der Waals surface area contributed by atoms with Crippen molar-refractivity contribution in [3.05, 3.63) is 46.6 Å². The molecule has 1 aliphatic heterocycles. The van der Waals surface area contributed by atoms with Crippen LogP contribution < -0.4 is 5.32 Å². The van der Waals surface area contributed by atoms with Gasteiger partial charge >= 0.3 is 0 Å². The van der Waals surface area contributed by atoms with Gasteiger partial charge in [0, 0.05) is 18.2 Å². The summed E-state index contributed by atoms with van der Waals surface area (Å²) in [5, 5.41) is 1.94. The van der Waals surface area contributed by atoms with Crippen molar-refractivity contribution in [2.75, 3.05) is 5.32 Å². The van der Waals surface area contributed by atoms with Crippen LogP contribution in [0.4, 0.5) is 10.1 Å². The monoisotopic (exact) mass is 529 g/mol. The first kappa shape index (κ1) is 24.2. The minimum atomic E-state index is -4.05. The zero-order chi connectivity index (χ0) is 23.6. The molecule has 12 heteroatoms. The average Bonchev–Trinajstić information content (AvgIpc) is 3.34. The van der Waals surface area contributed by atoms with Crippen molar-refractivity contribution in [2.45, 2.75) is 54.0 Å². The highest BCUT2D eigenvalue weighted by atomic mass is 35.5. The number of halogens is 2. The first-order chi connectivity index (χ1) is 15.7. The molecule has 2 fully saturated rings. The largest absolute Gasteiger partial charge is 0.326 e. The Morgan fingerprint density at radius 3 is 2.48 bits per heavy atom. The lowest BCUT2D eigenvalue weighted by molar-refractivity contribution is -0.130. The van der Waals surface area contributed by atoms with Gasteiger partial charge in [0.1, 0.15) is 15.3 Å². The molecule has 1 saturated heterocycles. The van der Waals surface area contributed by atoms with Crippen LogP contribution in [0.15, 0.2) is 45.0 Å². The molecule has 2 amide bonds. The van der Waals surface area contributed by atoms with Gasteiger partial charge in [-0.2, -0.15) is 8.42 Å². The molecule has 0 spiro atoms. The number of nitrogens with one attached hydrogen (secondary N) is 1. The Balaban J connectivity index is 1.56. The summed E-state index contributed by atoms with van der Waals surface area (Å²) in [7, 11) is -4.05. The number of hydrogen-bond acceptors (Lipinski definition) is 6. The summed E-state index contributed by atoms with van der Waals surface area (Å²) in [5.74, 6) is -1.17. The van der Waals surface area contributed by atoms with Gasteiger partial charge in [-0.05, 0) is 49.2 Å². The minimum Gasteiger partial charge on any atom is -0.326 e. The van der Waals surface area contributed by atoms with Crippen LogP contribution in [0.2, 0.25) is 4.34 Å². The van der Waals surface area contributed by atoms with Crippen molar-refractivity contribution in [1.29, 1.82) is 0 Å². The number of nitrogens with zero attached hydrogens (tertiary/aromatic N) is 2. The van der Waals surface area contributed by atoms with Gasteiger partial charge in [0.25, 0.3) is 10.0 Å². The predicted octanol–water partition coefficient (Wildman–Crippen LogP) is 4.89. The number of carbonyl (C=O) groups is 2. The predicted molar refractivity (Wildman–Crippen MR) is 129 cm³/mol. The lowest BCUT2D eigenvalue weighted by atomic mass is 9.94. The van der Waals surface area contributed by atoms with Gasteiger partial charge in [-0.15, -0.1) is 15.7 Å². The summed E-state index contributed by atoms with van der Waals surface area (Å²) in [6, 6.07) is 8.02. The normalized spacial score (nSPS) is 21.0. The first-order valence-corrected chi connectivity index (χ1v) is 13.9. The van der Waals surface area contributed by atoms with Crippen molar-refractivity contribution in [3.63, 3.8) is 0 Å².